The summed E-state index contributed by atoms with van der Waals surface area (Å²) in [6.07, 6.45) is 10.5. The average molecular weight is 558 g/mol. The Morgan fingerprint density at radius 2 is 1.85 bits per heavy atom. The topological polar surface area (TPSA) is 128 Å². The summed E-state index contributed by atoms with van der Waals surface area (Å²) in [5, 5.41) is 9.43. The first-order chi connectivity index (χ1) is 19.8. The van der Waals surface area contributed by atoms with Crippen molar-refractivity contribution in [1.82, 2.24) is 35.1 Å². The molecule has 0 aliphatic rings. The van der Waals surface area contributed by atoms with Gasteiger partial charge in [0.2, 0.25) is 17.8 Å². The first-order valence-corrected chi connectivity index (χ1v) is 13.7. The molecule has 0 aliphatic heterocycles. The Kier molecular flexibility index (Phi) is 12.0. The third-order valence-corrected chi connectivity index (χ3v) is 6.10. The summed E-state index contributed by atoms with van der Waals surface area (Å²) in [7, 11) is 5.47. The van der Waals surface area contributed by atoms with Crippen molar-refractivity contribution in [1.29, 1.82) is 0 Å². The van der Waals surface area contributed by atoms with Crippen LogP contribution in [0.5, 0.6) is 0 Å². The SMILES string of the molecule is CCCNc1nc(Nc2ccc3nccnc3c2)ncc1C#CCCCNC(=O)[C@H](C)N(C)C(=O)C=CCN(C)C. The van der Waals surface area contributed by atoms with Crippen LogP contribution in [0.3, 0.4) is 0 Å². The van der Waals surface area contributed by atoms with Crippen molar-refractivity contribution >= 4 is 40.3 Å². The minimum Gasteiger partial charge on any atom is -0.369 e. The van der Waals surface area contributed by atoms with Gasteiger partial charge in [0.05, 0.1) is 22.8 Å². The third kappa shape index (κ3) is 9.85. The van der Waals surface area contributed by atoms with Gasteiger partial charge in [0.1, 0.15) is 11.9 Å². The molecular formula is C30H39N9O2. The number of benzene rings is 1. The number of nitrogens with zero attached hydrogens (tertiary/aromatic N) is 6. The Hall–Kier alpha value is -4.56. The van der Waals surface area contributed by atoms with Crippen molar-refractivity contribution < 1.29 is 9.59 Å². The monoisotopic (exact) mass is 557 g/mol. The maximum atomic E-state index is 12.5. The van der Waals surface area contributed by atoms with Crippen LogP contribution < -0.4 is 16.0 Å². The summed E-state index contributed by atoms with van der Waals surface area (Å²) in [6.45, 7) is 5.67. The second-order valence-electron chi connectivity index (χ2n) is 9.75. The lowest BCUT2D eigenvalue weighted by Crippen LogP contribution is -2.45. The maximum Gasteiger partial charge on any atom is 0.246 e. The number of fused-ring (bicyclic) bond motifs is 1. The fourth-order valence-electron chi connectivity index (χ4n) is 3.62. The Balaban J connectivity index is 1.52. The highest BCUT2D eigenvalue weighted by molar-refractivity contribution is 5.92. The molecule has 2 aromatic heterocycles. The molecule has 1 aromatic carbocycles. The van der Waals surface area contributed by atoms with E-state index in [-0.39, 0.29) is 11.8 Å². The van der Waals surface area contributed by atoms with Crippen LogP contribution >= 0.6 is 0 Å². The predicted octanol–water partition coefficient (Wildman–Crippen LogP) is 3.20. The molecule has 0 aliphatic carbocycles. The van der Waals surface area contributed by atoms with Gasteiger partial charge >= 0.3 is 0 Å². The lowest BCUT2D eigenvalue weighted by Gasteiger charge is -2.23. The van der Waals surface area contributed by atoms with Crippen molar-refractivity contribution in [3.05, 3.63) is 54.5 Å². The van der Waals surface area contributed by atoms with Crippen LogP contribution in [-0.4, -0.2) is 88.4 Å². The molecule has 3 rings (SSSR count). The Labute approximate surface area is 241 Å². The Bertz CT molecular complexity index is 1410. The Morgan fingerprint density at radius 3 is 2.61 bits per heavy atom. The molecule has 0 bridgehead atoms. The molecule has 2 heterocycles. The van der Waals surface area contributed by atoms with Gasteiger partial charge in [0, 0.05) is 57.3 Å². The van der Waals surface area contributed by atoms with Crippen molar-refractivity contribution in [2.45, 2.75) is 39.2 Å². The van der Waals surface area contributed by atoms with E-state index in [4.69, 9.17) is 0 Å². The standard InChI is InChI=1S/C30H39N9O2/c1-6-15-33-28-23(21-35-30(37-28)36-24-13-14-25-26(20-24)32-18-17-31-25)11-8-7-9-16-34-29(41)22(2)39(5)27(40)12-10-19-38(3)4/h10,12-14,17-18,20-22H,6-7,9,15-16,19H2,1-5H3,(H,34,41)(H2,33,35,36,37)/t22-/m0/s1. The van der Waals surface area contributed by atoms with E-state index in [0.29, 0.717) is 43.3 Å². The van der Waals surface area contributed by atoms with Crippen molar-refractivity contribution in [2.75, 3.05) is 51.4 Å². The van der Waals surface area contributed by atoms with Gasteiger partial charge in [0.25, 0.3) is 0 Å². The van der Waals surface area contributed by atoms with Gasteiger partial charge in [-0.1, -0.05) is 24.8 Å². The molecule has 11 heteroatoms. The van der Waals surface area contributed by atoms with Crippen LogP contribution in [-0.2, 0) is 9.59 Å². The third-order valence-electron chi connectivity index (χ3n) is 6.10. The second-order valence-corrected chi connectivity index (χ2v) is 9.75. The molecule has 41 heavy (non-hydrogen) atoms. The number of hydrogen-bond acceptors (Lipinski definition) is 9. The molecule has 0 saturated carbocycles. The molecule has 11 nitrogen and oxygen atoms in total. The number of aromatic nitrogens is 4. The number of likely N-dealkylation sites (N-methyl/N-ethyl adjacent to an activating group) is 2. The van der Waals surface area contributed by atoms with E-state index in [1.165, 1.54) is 11.0 Å². The van der Waals surface area contributed by atoms with Crippen LogP contribution in [0.25, 0.3) is 11.0 Å². The number of hydrogen-bond donors (Lipinski definition) is 3. The average Bonchev–Trinajstić information content (AvgIpc) is 2.97. The zero-order valence-corrected chi connectivity index (χ0v) is 24.4. The van der Waals surface area contributed by atoms with Gasteiger partial charge in [-0.2, -0.15) is 4.98 Å². The maximum absolute atomic E-state index is 12.5. The summed E-state index contributed by atoms with van der Waals surface area (Å²) in [6, 6.07) is 5.13. The molecule has 1 atom stereocenters. The molecule has 3 N–H and O–H groups in total. The fourth-order valence-corrected chi connectivity index (χ4v) is 3.62. The molecule has 3 aromatic rings. The number of anilines is 3. The number of rotatable bonds is 13. The van der Waals surface area contributed by atoms with E-state index < -0.39 is 6.04 Å². The summed E-state index contributed by atoms with van der Waals surface area (Å²) >= 11 is 0. The molecule has 0 unspecified atom stereocenters. The minimum absolute atomic E-state index is 0.198. The highest BCUT2D eigenvalue weighted by Gasteiger charge is 2.20. The number of carbonyl (C=O) groups excluding carboxylic acids is 2. The molecular weight excluding hydrogens is 518 g/mol. The van der Waals surface area contributed by atoms with Gasteiger partial charge in [-0.3, -0.25) is 19.6 Å². The Morgan fingerprint density at radius 1 is 1.07 bits per heavy atom. The van der Waals surface area contributed by atoms with Crippen molar-refractivity contribution in [3.8, 4) is 11.8 Å². The summed E-state index contributed by atoms with van der Waals surface area (Å²) in [5.41, 5.74) is 3.11. The summed E-state index contributed by atoms with van der Waals surface area (Å²) in [5.74, 6) is 7.00. The quantitative estimate of drug-likeness (QED) is 0.165. The van der Waals surface area contributed by atoms with Crippen LogP contribution in [0.2, 0.25) is 0 Å². The molecule has 216 valence electrons. The molecule has 0 fully saturated rings. The van der Waals surface area contributed by atoms with E-state index >= 15 is 0 Å². The second kappa shape index (κ2) is 15.9. The van der Waals surface area contributed by atoms with Gasteiger partial charge in [0.15, 0.2) is 0 Å². The van der Waals surface area contributed by atoms with Crippen LogP contribution in [0.15, 0.2) is 48.9 Å². The predicted molar refractivity (Wildman–Crippen MR) is 163 cm³/mol. The molecule has 2 amide bonds. The molecule has 0 saturated heterocycles. The van der Waals surface area contributed by atoms with Crippen LogP contribution in [0, 0.1) is 11.8 Å². The first kappa shape index (κ1) is 31.0. The van der Waals surface area contributed by atoms with E-state index in [1.54, 1.807) is 38.6 Å². The van der Waals surface area contributed by atoms with E-state index in [0.717, 1.165) is 29.7 Å². The molecule has 0 radical (unpaired) electrons. The first-order valence-electron chi connectivity index (χ1n) is 13.7. The number of nitrogens with one attached hydrogen (secondary N) is 3. The fraction of sp³-hybridized carbons (Fsp3) is 0.400. The highest BCUT2D eigenvalue weighted by Crippen LogP contribution is 2.20. The van der Waals surface area contributed by atoms with Gasteiger partial charge < -0.3 is 25.8 Å². The van der Waals surface area contributed by atoms with Crippen molar-refractivity contribution in [2.24, 2.45) is 0 Å². The zero-order chi connectivity index (χ0) is 29.6. The summed E-state index contributed by atoms with van der Waals surface area (Å²) in [4.78, 5) is 45.8. The normalized spacial score (nSPS) is 11.7. The van der Waals surface area contributed by atoms with Gasteiger partial charge in [-0.05, 0) is 52.1 Å². The van der Waals surface area contributed by atoms with E-state index in [2.05, 4.69) is 54.7 Å². The largest absolute Gasteiger partial charge is 0.369 e. The lowest BCUT2D eigenvalue weighted by atomic mass is 10.2. The summed E-state index contributed by atoms with van der Waals surface area (Å²) < 4.78 is 0. The van der Waals surface area contributed by atoms with Gasteiger partial charge in [-0.25, -0.2) is 4.98 Å². The van der Waals surface area contributed by atoms with E-state index in [1.807, 2.05) is 37.2 Å². The van der Waals surface area contributed by atoms with Crippen LogP contribution in [0.4, 0.5) is 17.5 Å². The van der Waals surface area contributed by atoms with Crippen molar-refractivity contribution in [3.63, 3.8) is 0 Å². The van der Waals surface area contributed by atoms with Crippen LogP contribution in [0.1, 0.15) is 38.7 Å². The highest BCUT2D eigenvalue weighted by atomic mass is 16.2. The smallest absolute Gasteiger partial charge is 0.246 e. The van der Waals surface area contributed by atoms with E-state index in [9.17, 15) is 9.59 Å². The minimum atomic E-state index is -0.573. The number of unbranched alkanes of at least 4 members (excludes halogenated alkanes) is 1. The number of amides is 2. The lowest BCUT2D eigenvalue weighted by molar-refractivity contribution is -0.135. The van der Waals surface area contributed by atoms with Gasteiger partial charge in [-0.15, -0.1) is 0 Å². The zero-order valence-electron chi connectivity index (χ0n) is 24.4. The number of carbonyl (C=O) groups is 2. The molecule has 0 spiro atoms.